The minimum atomic E-state index is 0.628. The molecule has 3 rings (SSSR count). The van der Waals surface area contributed by atoms with Crippen LogP contribution in [0, 0.1) is 0 Å². The van der Waals surface area contributed by atoms with E-state index in [2.05, 4.69) is 29.4 Å². The predicted octanol–water partition coefficient (Wildman–Crippen LogP) is 1.85. The fourth-order valence-electron chi connectivity index (χ4n) is 2.71. The Morgan fingerprint density at radius 2 is 2.29 bits per heavy atom. The molecule has 1 fully saturated rings. The standard InChI is InChI=1S/C11H13ClN2/c1-14-10-3-2-7(12)4-8(10)9-5-13-6-11(9)14/h2-4,9,11,13H,5-6H2,1H3. The molecule has 1 N–H and O–H groups in total. The van der Waals surface area contributed by atoms with Gasteiger partial charge in [0.2, 0.25) is 0 Å². The first-order valence-corrected chi connectivity index (χ1v) is 5.38. The highest BCUT2D eigenvalue weighted by Crippen LogP contribution is 2.42. The first kappa shape index (κ1) is 8.57. The van der Waals surface area contributed by atoms with Gasteiger partial charge in [-0.1, -0.05) is 11.6 Å². The number of rotatable bonds is 0. The molecule has 14 heavy (non-hydrogen) atoms. The van der Waals surface area contributed by atoms with Crippen molar-refractivity contribution in [3.63, 3.8) is 0 Å². The van der Waals surface area contributed by atoms with E-state index in [1.807, 2.05) is 6.07 Å². The van der Waals surface area contributed by atoms with Crippen molar-refractivity contribution in [2.24, 2.45) is 0 Å². The maximum Gasteiger partial charge on any atom is 0.0492 e. The molecule has 2 unspecified atom stereocenters. The largest absolute Gasteiger partial charge is 0.369 e. The normalized spacial score (nSPS) is 29.1. The van der Waals surface area contributed by atoms with Crippen LogP contribution in [-0.4, -0.2) is 26.2 Å². The summed E-state index contributed by atoms with van der Waals surface area (Å²) in [6.45, 7) is 2.18. The molecular formula is C11H13ClN2. The monoisotopic (exact) mass is 208 g/mol. The van der Waals surface area contributed by atoms with Gasteiger partial charge in [-0.2, -0.15) is 0 Å². The van der Waals surface area contributed by atoms with Gasteiger partial charge in [-0.3, -0.25) is 0 Å². The first-order valence-electron chi connectivity index (χ1n) is 5.00. The third kappa shape index (κ3) is 1.01. The minimum absolute atomic E-state index is 0.628. The predicted molar refractivity (Wildman–Crippen MR) is 59.3 cm³/mol. The molecule has 2 aliphatic rings. The van der Waals surface area contributed by atoms with Gasteiger partial charge < -0.3 is 10.2 Å². The molecule has 2 atom stereocenters. The number of nitrogens with one attached hydrogen (secondary N) is 1. The van der Waals surface area contributed by atoms with Crippen LogP contribution in [0.3, 0.4) is 0 Å². The number of halogens is 1. The van der Waals surface area contributed by atoms with E-state index in [1.165, 1.54) is 11.3 Å². The molecule has 1 aromatic rings. The number of nitrogens with zero attached hydrogens (tertiary/aromatic N) is 1. The summed E-state index contributed by atoms with van der Waals surface area (Å²) in [5, 5.41) is 4.28. The Kier molecular flexibility index (Phi) is 1.76. The number of hydrogen-bond acceptors (Lipinski definition) is 2. The molecule has 1 saturated heterocycles. The summed E-state index contributed by atoms with van der Waals surface area (Å²) in [4.78, 5) is 2.37. The summed E-state index contributed by atoms with van der Waals surface area (Å²) < 4.78 is 0. The molecule has 2 nitrogen and oxygen atoms in total. The van der Waals surface area contributed by atoms with Crippen molar-refractivity contribution in [1.82, 2.24) is 5.32 Å². The third-order valence-electron chi connectivity index (χ3n) is 3.45. The van der Waals surface area contributed by atoms with Crippen LogP contribution in [0.15, 0.2) is 18.2 Å². The van der Waals surface area contributed by atoms with Gasteiger partial charge in [-0.05, 0) is 23.8 Å². The Morgan fingerprint density at radius 1 is 1.43 bits per heavy atom. The highest BCUT2D eigenvalue weighted by Gasteiger charge is 2.39. The SMILES string of the molecule is CN1c2ccc(Cl)cc2C2CNCC21. The summed E-state index contributed by atoms with van der Waals surface area (Å²) in [5.74, 6) is 0.633. The Morgan fingerprint density at radius 3 is 3.14 bits per heavy atom. The lowest BCUT2D eigenvalue weighted by Gasteiger charge is -2.20. The van der Waals surface area contributed by atoms with Crippen molar-refractivity contribution in [2.45, 2.75) is 12.0 Å². The summed E-state index contributed by atoms with van der Waals surface area (Å²) in [7, 11) is 2.17. The van der Waals surface area contributed by atoms with Crippen LogP contribution in [0.2, 0.25) is 5.02 Å². The molecule has 0 saturated carbocycles. The van der Waals surface area contributed by atoms with Gasteiger partial charge in [0.15, 0.2) is 0 Å². The van der Waals surface area contributed by atoms with Gasteiger partial charge in [-0.15, -0.1) is 0 Å². The van der Waals surface area contributed by atoms with E-state index in [-0.39, 0.29) is 0 Å². The van der Waals surface area contributed by atoms with Gasteiger partial charge in [-0.25, -0.2) is 0 Å². The Hall–Kier alpha value is -0.730. The van der Waals surface area contributed by atoms with Crippen molar-refractivity contribution in [1.29, 1.82) is 0 Å². The van der Waals surface area contributed by atoms with E-state index < -0.39 is 0 Å². The van der Waals surface area contributed by atoms with Crippen LogP contribution in [-0.2, 0) is 0 Å². The van der Waals surface area contributed by atoms with E-state index in [0.717, 1.165) is 18.1 Å². The van der Waals surface area contributed by atoms with Gasteiger partial charge in [0.05, 0.1) is 0 Å². The number of benzene rings is 1. The second-order valence-electron chi connectivity index (χ2n) is 4.15. The van der Waals surface area contributed by atoms with E-state index >= 15 is 0 Å². The van der Waals surface area contributed by atoms with Crippen molar-refractivity contribution in [3.05, 3.63) is 28.8 Å². The van der Waals surface area contributed by atoms with Crippen molar-refractivity contribution < 1.29 is 0 Å². The second kappa shape index (κ2) is 2.88. The Labute approximate surface area is 88.9 Å². The van der Waals surface area contributed by atoms with Crippen LogP contribution in [0.4, 0.5) is 5.69 Å². The number of anilines is 1. The lowest BCUT2D eigenvalue weighted by Crippen LogP contribution is -2.31. The molecule has 74 valence electrons. The molecule has 3 heteroatoms. The first-order chi connectivity index (χ1) is 6.77. The van der Waals surface area contributed by atoms with E-state index in [0.29, 0.717) is 12.0 Å². The maximum absolute atomic E-state index is 6.02. The van der Waals surface area contributed by atoms with Gasteiger partial charge in [0.25, 0.3) is 0 Å². The Bertz CT molecular complexity index is 378. The maximum atomic E-state index is 6.02. The van der Waals surface area contributed by atoms with Crippen molar-refractivity contribution in [2.75, 3.05) is 25.0 Å². The smallest absolute Gasteiger partial charge is 0.0492 e. The molecule has 0 radical (unpaired) electrons. The van der Waals surface area contributed by atoms with Crippen molar-refractivity contribution in [3.8, 4) is 0 Å². The van der Waals surface area contributed by atoms with Crippen LogP contribution in [0.1, 0.15) is 11.5 Å². The van der Waals surface area contributed by atoms with Crippen LogP contribution in [0.5, 0.6) is 0 Å². The lowest BCUT2D eigenvalue weighted by molar-refractivity contribution is 0.663. The molecule has 1 aromatic carbocycles. The molecular weight excluding hydrogens is 196 g/mol. The zero-order chi connectivity index (χ0) is 9.71. The molecule has 0 aliphatic carbocycles. The number of fused-ring (bicyclic) bond motifs is 3. The van der Waals surface area contributed by atoms with E-state index in [1.54, 1.807) is 0 Å². The van der Waals surface area contributed by atoms with Crippen LogP contribution >= 0.6 is 11.6 Å². The van der Waals surface area contributed by atoms with Gasteiger partial charge in [0.1, 0.15) is 0 Å². The minimum Gasteiger partial charge on any atom is -0.369 e. The van der Waals surface area contributed by atoms with Gasteiger partial charge >= 0.3 is 0 Å². The fourth-order valence-corrected chi connectivity index (χ4v) is 2.89. The van der Waals surface area contributed by atoms with Crippen molar-refractivity contribution >= 4 is 17.3 Å². The molecule has 0 bridgehead atoms. The summed E-state index contributed by atoms with van der Waals surface area (Å²) in [6, 6.07) is 6.86. The number of hydrogen-bond donors (Lipinski definition) is 1. The average molecular weight is 209 g/mol. The van der Waals surface area contributed by atoms with Gasteiger partial charge in [0, 0.05) is 42.8 Å². The summed E-state index contributed by atoms with van der Waals surface area (Å²) >= 11 is 6.02. The average Bonchev–Trinajstić information content (AvgIpc) is 2.71. The molecule has 2 heterocycles. The summed E-state index contributed by atoms with van der Waals surface area (Å²) in [5.41, 5.74) is 2.76. The fraction of sp³-hybridized carbons (Fsp3) is 0.455. The molecule has 0 spiro atoms. The Balaban J connectivity index is 2.13. The topological polar surface area (TPSA) is 15.3 Å². The zero-order valence-electron chi connectivity index (χ0n) is 8.13. The molecule has 2 aliphatic heterocycles. The number of likely N-dealkylation sites (N-methyl/N-ethyl adjacent to an activating group) is 1. The molecule has 0 aromatic heterocycles. The van der Waals surface area contributed by atoms with Crippen LogP contribution in [0.25, 0.3) is 0 Å². The van der Waals surface area contributed by atoms with E-state index in [9.17, 15) is 0 Å². The second-order valence-corrected chi connectivity index (χ2v) is 4.58. The lowest BCUT2D eigenvalue weighted by atomic mass is 9.98. The highest BCUT2D eigenvalue weighted by atomic mass is 35.5. The summed E-state index contributed by atoms with van der Waals surface area (Å²) in [6.07, 6.45) is 0. The quantitative estimate of drug-likeness (QED) is 0.700. The van der Waals surface area contributed by atoms with E-state index in [4.69, 9.17) is 11.6 Å². The van der Waals surface area contributed by atoms with Crippen LogP contribution < -0.4 is 10.2 Å². The highest BCUT2D eigenvalue weighted by molar-refractivity contribution is 6.30. The third-order valence-corrected chi connectivity index (χ3v) is 3.68. The zero-order valence-corrected chi connectivity index (χ0v) is 8.88. The molecule has 0 amide bonds.